The monoisotopic (exact) mass is 515 g/mol. The molecule has 0 aromatic carbocycles. The molecule has 1 saturated heterocycles. The highest BCUT2D eigenvalue weighted by Gasteiger charge is 2.24. The van der Waals surface area contributed by atoms with E-state index in [0.717, 1.165) is 18.4 Å². The second-order valence-electron chi connectivity index (χ2n) is 8.97. The fourth-order valence-corrected chi connectivity index (χ4v) is 4.73. The van der Waals surface area contributed by atoms with Crippen LogP contribution < -0.4 is 21.7 Å². The molecule has 2 bridgehead atoms. The van der Waals surface area contributed by atoms with Crippen LogP contribution in [-0.2, 0) is 9.47 Å². The summed E-state index contributed by atoms with van der Waals surface area (Å²) in [4.78, 5) is 30.6. The van der Waals surface area contributed by atoms with E-state index in [1.165, 1.54) is 11.3 Å². The molecule has 12 heteroatoms. The molecule has 194 valence electrons. The number of allylic oxidation sites excluding steroid dienone is 3. The number of rotatable bonds is 2. The Labute approximate surface area is 214 Å². The van der Waals surface area contributed by atoms with E-state index in [0.29, 0.717) is 56.0 Å². The van der Waals surface area contributed by atoms with Crippen molar-refractivity contribution in [2.24, 2.45) is 11.7 Å². The van der Waals surface area contributed by atoms with Crippen LogP contribution in [0.15, 0.2) is 29.5 Å². The number of fused-ring (bicyclic) bond motifs is 3. The van der Waals surface area contributed by atoms with Crippen LogP contribution in [-0.4, -0.2) is 66.1 Å². The van der Waals surface area contributed by atoms with Crippen LogP contribution in [0.3, 0.4) is 0 Å². The van der Waals surface area contributed by atoms with Crippen LogP contribution in [0.25, 0.3) is 5.57 Å². The van der Waals surface area contributed by atoms with Crippen molar-refractivity contribution in [2.45, 2.75) is 32.7 Å². The van der Waals surface area contributed by atoms with Gasteiger partial charge in [-0.1, -0.05) is 19.9 Å². The largest absolute Gasteiger partial charge is 0.386 e. The van der Waals surface area contributed by atoms with E-state index in [1.807, 2.05) is 12.2 Å². The van der Waals surface area contributed by atoms with Crippen molar-refractivity contribution in [3.63, 3.8) is 0 Å². The van der Waals surface area contributed by atoms with Crippen molar-refractivity contribution in [1.82, 2.24) is 25.4 Å². The van der Waals surface area contributed by atoms with Crippen LogP contribution in [0.2, 0.25) is 0 Å². The van der Waals surface area contributed by atoms with Crippen molar-refractivity contribution in [2.75, 3.05) is 44.8 Å². The van der Waals surface area contributed by atoms with Crippen molar-refractivity contribution in [1.29, 1.82) is 0 Å². The lowest BCUT2D eigenvalue weighted by Gasteiger charge is -2.22. The summed E-state index contributed by atoms with van der Waals surface area (Å²) in [5.74, 6) is -0.0662. The average molecular weight is 516 g/mol. The number of amides is 2. The standard InChI is InChI=1S/C24H33N7O4S/c1-15(2)11-16-12-20(25)26-5-9-35-10-6-27-23(33)21-18(28-22(32)19-14-36-24(16)29-19)13-31(30-21)17-3-7-34-8-4-17/h11-15,17,26H,3-10,25H2,1-2H3,(H,27,33)(H,28,32)/b16-11+,20-12+. The van der Waals surface area contributed by atoms with E-state index in [4.69, 9.17) is 15.2 Å². The van der Waals surface area contributed by atoms with Crippen LogP contribution in [0, 0.1) is 5.92 Å². The topological polar surface area (TPSA) is 145 Å². The molecule has 0 atom stereocenters. The third-order valence-electron chi connectivity index (χ3n) is 5.68. The SMILES string of the molecule is CC(C)/C=C1\C=C(/N)NCCOCCNC(=O)c2nn(C3CCOCC3)cc2NC(=O)c2csc1n2. The van der Waals surface area contributed by atoms with Gasteiger partial charge in [-0.3, -0.25) is 14.3 Å². The number of carbonyl (C=O) groups excluding carboxylic acids is 2. The number of carbonyl (C=O) groups is 2. The molecule has 2 aromatic rings. The van der Waals surface area contributed by atoms with Gasteiger partial charge in [0.15, 0.2) is 5.69 Å². The molecule has 4 rings (SSSR count). The second-order valence-corrected chi connectivity index (χ2v) is 9.83. The summed E-state index contributed by atoms with van der Waals surface area (Å²) in [6.07, 6.45) is 7.15. The maximum Gasteiger partial charge on any atom is 0.275 e. The first-order valence-corrected chi connectivity index (χ1v) is 13.0. The third-order valence-corrected chi connectivity index (χ3v) is 6.57. The van der Waals surface area contributed by atoms with Crippen LogP contribution >= 0.6 is 11.3 Å². The van der Waals surface area contributed by atoms with Gasteiger partial charge in [-0.2, -0.15) is 5.10 Å². The highest BCUT2D eigenvalue weighted by molar-refractivity contribution is 7.11. The van der Waals surface area contributed by atoms with E-state index in [2.05, 4.69) is 39.9 Å². The third kappa shape index (κ3) is 6.71. The van der Waals surface area contributed by atoms with Gasteiger partial charge in [0, 0.05) is 43.5 Å². The lowest BCUT2D eigenvalue weighted by molar-refractivity contribution is 0.0660. The van der Waals surface area contributed by atoms with E-state index in [1.54, 1.807) is 16.3 Å². The summed E-state index contributed by atoms with van der Waals surface area (Å²) in [6, 6.07) is 0.0974. The predicted octanol–water partition coefficient (Wildman–Crippen LogP) is 2.13. The number of hydrogen-bond donors (Lipinski definition) is 4. The fraction of sp³-hybridized carbons (Fsp3) is 0.500. The zero-order valence-corrected chi connectivity index (χ0v) is 21.4. The van der Waals surface area contributed by atoms with Crippen molar-refractivity contribution in [3.05, 3.63) is 45.9 Å². The Balaban J connectivity index is 1.65. The molecule has 36 heavy (non-hydrogen) atoms. The Morgan fingerprint density at radius 1 is 1.11 bits per heavy atom. The van der Waals surface area contributed by atoms with Gasteiger partial charge in [-0.25, -0.2) is 4.98 Å². The first-order chi connectivity index (χ1) is 17.4. The molecule has 5 N–H and O–H groups in total. The molecule has 0 radical (unpaired) electrons. The van der Waals surface area contributed by atoms with Crippen LogP contribution in [0.4, 0.5) is 5.69 Å². The minimum Gasteiger partial charge on any atom is -0.386 e. The molecular weight excluding hydrogens is 482 g/mol. The number of nitrogens with one attached hydrogen (secondary N) is 3. The van der Waals surface area contributed by atoms with E-state index >= 15 is 0 Å². The number of thiazole rings is 1. The Bertz CT molecular complexity index is 1130. The van der Waals surface area contributed by atoms with Crippen molar-refractivity contribution < 1.29 is 19.1 Å². The summed E-state index contributed by atoms with van der Waals surface area (Å²) >= 11 is 1.35. The summed E-state index contributed by atoms with van der Waals surface area (Å²) in [5.41, 5.74) is 7.74. The molecule has 2 aromatic heterocycles. The first-order valence-electron chi connectivity index (χ1n) is 12.1. The number of nitrogens with zero attached hydrogens (tertiary/aromatic N) is 3. The van der Waals surface area contributed by atoms with Crippen molar-refractivity contribution >= 4 is 34.4 Å². The molecule has 2 aliphatic rings. The first kappa shape index (κ1) is 25.9. The smallest absolute Gasteiger partial charge is 0.275 e. The Kier molecular flexibility index (Phi) is 8.73. The van der Waals surface area contributed by atoms with E-state index < -0.39 is 5.91 Å². The Morgan fingerprint density at radius 2 is 1.83 bits per heavy atom. The summed E-state index contributed by atoms with van der Waals surface area (Å²) in [5, 5.41) is 15.7. The molecule has 4 heterocycles. The van der Waals surface area contributed by atoms with Crippen LogP contribution in [0.1, 0.15) is 58.7 Å². The minimum atomic E-state index is -0.415. The molecule has 1 fully saturated rings. The number of ether oxygens (including phenoxy) is 2. The molecule has 0 aliphatic carbocycles. The molecule has 2 amide bonds. The van der Waals surface area contributed by atoms with E-state index in [9.17, 15) is 9.59 Å². The zero-order chi connectivity index (χ0) is 25.5. The van der Waals surface area contributed by atoms with Gasteiger partial charge in [-0.15, -0.1) is 11.3 Å². The molecule has 2 aliphatic heterocycles. The number of anilines is 1. The Morgan fingerprint density at radius 3 is 2.58 bits per heavy atom. The number of aromatic nitrogens is 3. The minimum absolute atomic E-state index is 0.0974. The van der Waals surface area contributed by atoms with Gasteiger partial charge in [-0.05, 0) is 24.8 Å². The normalized spacial score (nSPS) is 21.5. The highest BCUT2D eigenvalue weighted by atomic mass is 32.1. The summed E-state index contributed by atoms with van der Waals surface area (Å²) in [7, 11) is 0. The van der Waals surface area contributed by atoms with Gasteiger partial charge in [0.1, 0.15) is 10.7 Å². The summed E-state index contributed by atoms with van der Waals surface area (Å²) < 4.78 is 12.8. The molecule has 0 spiro atoms. The highest BCUT2D eigenvalue weighted by Crippen LogP contribution is 2.26. The lowest BCUT2D eigenvalue weighted by Crippen LogP contribution is -2.30. The maximum absolute atomic E-state index is 13.1. The van der Waals surface area contributed by atoms with Gasteiger partial charge in [0.05, 0.1) is 30.8 Å². The van der Waals surface area contributed by atoms with Gasteiger partial charge >= 0.3 is 0 Å². The van der Waals surface area contributed by atoms with Crippen LogP contribution in [0.5, 0.6) is 0 Å². The molecule has 11 nitrogen and oxygen atoms in total. The number of hydrogen-bond acceptors (Lipinski definition) is 9. The zero-order valence-electron chi connectivity index (χ0n) is 20.6. The Hall–Kier alpha value is -3.22. The van der Waals surface area contributed by atoms with Crippen molar-refractivity contribution in [3.8, 4) is 0 Å². The summed E-state index contributed by atoms with van der Waals surface area (Å²) in [6.45, 7) is 6.96. The molecule has 0 saturated carbocycles. The lowest BCUT2D eigenvalue weighted by atomic mass is 10.1. The average Bonchev–Trinajstić information content (AvgIpc) is 3.51. The molecule has 0 unspecified atom stereocenters. The van der Waals surface area contributed by atoms with E-state index in [-0.39, 0.29) is 29.3 Å². The second kappa shape index (κ2) is 12.2. The van der Waals surface area contributed by atoms with Gasteiger partial charge < -0.3 is 31.2 Å². The maximum atomic E-state index is 13.1. The molecular formula is C24H33N7O4S. The van der Waals surface area contributed by atoms with Gasteiger partial charge in [0.2, 0.25) is 0 Å². The van der Waals surface area contributed by atoms with Gasteiger partial charge in [0.25, 0.3) is 11.8 Å². The predicted molar refractivity (Wildman–Crippen MR) is 138 cm³/mol. The fourth-order valence-electron chi connectivity index (χ4n) is 3.93. The quantitative estimate of drug-likeness (QED) is 0.476. The number of nitrogens with two attached hydrogens (primary N) is 1.